The van der Waals surface area contributed by atoms with Gasteiger partial charge in [-0.3, -0.25) is 9.59 Å². The molecule has 1 aromatic heterocycles. The third-order valence-electron chi connectivity index (χ3n) is 7.18. The lowest BCUT2D eigenvalue weighted by molar-refractivity contribution is -0.148. The van der Waals surface area contributed by atoms with Crippen molar-refractivity contribution in [2.75, 3.05) is 19.6 Å². The van der Waals surface area contributed by atoms with Crippen molar-refractivity contribution in [3.05, 3.63) is 23.0 Å². The monoisotopic (exact) mass is 357 g/mol. The minimum Gasteiger partial charge on any atom is -0.351 e. The van der Waals surface area contributed by atoms with Crippen molar-refractivity contribution in [1.82, 2.24) is 14.4 Å². The SMILES string of the molecule is Cc1cc(C(=O)N2CCC3(CCCN(C4CCCC4)C3=O)C2)c(C)n1C. The first-order valence-electron chi connectivity index (χ1n) is 10.2. The Morgan fingerprint density at radius 2 is 1.85 bits per heavy atom. The van der Waals surface area contributed by atoms with Gasteiger partial charge in [0.2, 0.25) is 5.91 Å². The van der Waals surface area contributed by atoms with Gasteiger partial charge in [-0.2, -0.15) is 0 Å². The molecule has 1 spiro atoms. The van der Waals surface area contributed by atoms with Gasteiger partial charge in [0, 0.05) is 44.1 Å². The van der Waals surface area contributed by atoms with Crippen LogP contribution in [0.3, 0.4) is 0 Å². The van der Waals surface area contributed by atoms with Crippen LogP contribution < -0.4 is 0 Å². The molecular formula is C21H31N3O2. The van der Waals surface area contributed by atoms with Crippen LogP contribution in [0.5, 0.6) is 0 Å². The number of hydrogen-bond donors (Lipinski definition) is 0. The summed E-state index contributed by atoms with van der Waals surface area (Å²) in [6.45, 7) is 6.24. The van der Waals surface area contributed by atoms with Crippen LogP contribution in [-0.4, -0.2) is 51.9 Å². The summed E-state index contributed by atoms with van der Waals surface area (Å²) in [7, 11) is 2.00. The smallest absolute Gasteiger partial charge is 0.255 e. The van der Waals surface area contributed by atoms with E-state index in [1.165, 1.54) is 12.8 Å². The topological polar surface area (TPSA) is 45.6 Å². The average Bonchev–Trinajstić information content (AvgIpc) is 3.35. The number of aryl methyl sites for hydroxylation is 1. The lowest BCUT2D eigenvalue weighted by Crippen LogP contribution is -2.53. The number of carbonyl (C=O) groups is 2. The Morgan fingerprint density at radius 3 is 2.50 bits per heavy atom. The summed E-state index contributed by atoms with van der Waals surface area (Å²) in [5.74, 6) is 0.417. The van der Waals surface area contributed by atoms with Crippen molar-refractivity contribution in [3.8, 4) is 0 Å². The van der Waals surface area contributed by atoms with Crippen LogP contribution in [-0.2, 0) is 11.8 Å². The van der Waals surface area contributed by atoms with Crippen LogP contribution in [0.2, 0.25) is 0 Å². The maximum Gasteiger partial charge on any atom is 0.255 e. The van der Waals surface area contributed by atoms with E-state index in [1.807, 2.05) is 31.9 Å². The molecule has 3 fully saturated rings. The van der Waals surface area contributed by atoms with Gasteiger partial charge in [0.05, 0.1) is 11.0 Å². The Morgan fingerprint density at radius 1 is 1.12 bits per heavy atom. The van der Waals surface area contributed by atoms with Gasteiger partial charge >= 0.3 is 0 Å². The first kappa shape index (κ1) is 17.6. The molecule has 1 aliphatic carbocycles. The molecule has 5 heteroatoms. The molecule has 3 aliphatic rings. The largest absolute Gasteiger partial charge is 0.351 e. The van der Waals surface area contributed by atoms with Crippen molar-refractivity contribution in [2.45, 2.75) is 64.8 Å². The number of amides is 2. The number of rotatable bonds is 2. The first-order valence-corrected chi connectivity index (χ1v) is 10.2. The number of hydrogen-bond acceptors (Lipinski definition) is 2. The highest BCUT2D eigenvalue weighted by molar-refractivity contribution is 5.97. The zero-order valence-electron chi connectivity index (χ0n) is 16.4. The Bertz CT molecular complexity index is 732. The van der Waals surface area contributed by atoms with Crippen molar-refractivity contribution < 1.29 is 9.59 Å². The summed E-state index contributed by atoms with van der Waals surface area (Å²) in [6.07, 6.45) is 7.66. The summed E-state index contributed by atoms with van der Waals surface area (Å²) in [6, 6.07) is 2.43. The fourth-order valence-corrected chi connectivity index (χ4v) is 5.33. The molecule has 1 aromatic rings. The molecule has 1 unspecified atom stereocenters. The molecule has 0 bridgehead atoms. The van der Waals surface area contributed by atoms with Crippen LogP contribution in [0.15, 0.2) is 6.07 Å². The Hall–Kier alpha value is -1.78. The van der Waals surface area contributed by atoms with E-state index in [0.29, 0.717) is 25.0 Å². The molecule has 0 N–H and O–H groups in total. The van der Waals surface area contributed by atoms with E-state index in [-0.39, 0.29) is 11.3 Å². The molecule has 5 nitrogen and oxygen atoms in total. The van der Waals surface area contributed by atoms with E-state index >= 15 is 0 Å². The average molecular weight is 357 g/mol. The standard InChI is InChI=1S/C21H31N3O2/c1-15-13-18(16(2)22(15)3)19(25)23-12-10-21(14-23)9-6-11-24(20(21)26)17-7-4-5-8-17/h13,17H,4-12,14H2,1-3H3. The van der Waals surface area contributed by atoms with Crippen molar-refractivity contribution in [2.24, 2.45) is 12.5 Å². The first-order chi connectivity index (χ1) is 12.4. The number of nitrogens with zero attached hydrogens (tertiary/aromatic N) is 3. The molecule has 0 aromatic carbocycles. The zero-order valence-corrected chi connectivity index (χ0v) is 16.4. The summed E-state index contributed by atoms with van der Waals surface area (Å²) < 4.78 is 2.06. The third-order valence-corrected chi connectivity index (χ3v) is 7.18. The molecule has 2 saturated heterocycles. The van der Waals surface area contributed by atoms with Crippen LogP contribution in [0.4, 0.5) is 0 Å². The molecule has 2 amide bonds. The van der Waals surface area contributed by atoms with E-state index in [4.69, 9.17) is 0 Å². The highest BCUT2D eigenvalue weighted by Crippen LogP contribution is 2.42. The quantitative estimate of drug-likeness (QED) is 0.817. The molecule has 1 atom stereocenters. The van der Waals surface area contributed by atoms with Gasteiger partial charge in [0.15, 0.2) is 0 Å². The Kier molecular flexibility index (Phi) is 4.36. The molecule has 4 rings (SSSR count). The molecule has 142 valence electrons. The Balaban J connectivity index is 1.52. The summed E-state index contributed by atoms with van der Waals surface area (Å²) in [4.78, 5) is 30.5. The van der Waals surface area contributed by atoms with E-state index in [2.05, 4.69) is 9.47 Å². The van der Waals surface area contributed by atoms with Gasteiger partial charge < -0.3 is 14.4 Å². The van der Waals surface area contributed by atoms with Gasteiger partial charge in [-0.05, 0) is 52.0 Å². The predicted octanol–water partition coefficient (Wildman–Crippen LogP) is 3.04. The van der Waals surface area contributed by atoms with E-state index < -0.39 is 0 Å². The predicted molar refractivity (Wildman–Crippen MR) is 101 cm³/mol. The second kappa shape index (κ2) is 6.43. The van der Waals surface area contributed by atoms with Gasteiger partial charge in [0.25, 0.3) is 5.91 Å². The second-order valence-corrected chi connectivity index (χ2v) is 8.64. The van der Waals surface area contributed by atoms with Gasteiger partial charge in [0.1, 0.15) is 0 Å². The summed E-state index contributed by atoms with van der Waals surface area (Å²) in [5.41, 5.74) is 2.57. The lowest BCUT2D eigenvalue weighted by Gasteiger charge is -2.42. The highest BCUT2D eigenvalue weighted by atomic mass is 16.2. The minimum atomic E-state index is -0.325. The molecule has 0 radical (unpaired) electrons. The Labute approximate surface area is 156 Å². The lowest BCUT2D eigenvalue weighted by atomic mass is 9.77. The van der Waals surface area contributed by atoms with Gasteiger partial charge in [-0.25, -0.2) is 0 Å². The number of likely N-dealkylation sites (tertiary alicyclic amines) is 2. The molecule has 2 aliphatic heterocycles. The number of carbonyl (C=O) groups excluding carboxylic acids is 2. The van der Waals surface area contributed by atoms with Crippen LogP contribution in [0, 0.1) is 19.3 Å². The van der Waals surface area contributed by atoms with Gasteiger partial charge in [-0.1, -0.05) is 12.8 Å². The van der Waals surface area contributed by atoms with E-state index in [0.717, 1.165) is 55.6 Å². The summed E-state index contributed by atoms with van der Waals surface area (Å²) in [5, 5.41) is 0. The van der Waals surface area contributed by atoms with E-state index in [1.54, 1.807) is 0 Å². The van der Waals surface area contributed by atoms with E-state index in [9.17, 15) is 9.59 Å². The number of piperidine rings is 1. The maximum atomic E-state index is 13.4. The maximum absolute atomic E-state index is 13.4. The highest BCUT2D eigenvalue weighted by Gasteiger charge is 2.50. The van der Waals surface area contributed by atoms with Crippen molar-refractivity contribution in [1.29, 1.82) is 0 Å². The third kappa shape index (κ3) is 2.67. The molecule has 3 heterocycles. The molecule has 1 saturated carbocycles. The molecule has 26 heavy (non-hydrogen) atoms. The second-order valence-electron chi connectivity index (χ2n) is 8.64. The van der Waals surface area contributed by atoms with Crippen molar-refractivity contribution >= 4 is 11.8 Å². The van der Waals surface area contributed by atoms with Crippen LogP contribution in [0.1, 0.15) is 66.7 Å². The molecular weight excluding hydrogens is 326 g/mol. The van der Waals surface area contributed by atoms with Gasteiger partial charge in [-0.15, -0.1) is 0 Å². The van der Waals surface area contributed by atoms with Crippen molar-refractivity contribution in [3.63, 3.8) is 0 Å². The summed E-state index contributed by atoms with van der Waals surface area (Å²) >= 11 is 0. The fraction of sp³-hybridized carbons (Fsp3) is 0.714. The van der Waals surface area contributed by atoms with Crippen LogP contribution >= 0.6 is 0 Å². The minimum absolute atomic E-state index is 0.0915. The number of aromatic nitrogens is 1. The fourth-order valence-electron chi connectivity index (χ4n) is 5.33. The zero-order chi connectivity index (χ0) is 18.5. The van der Waals surface area contributed by atoms with Crippen LogP contribution in [0.25, 0.3) is 0 Å². The normalized spacial score (nSPS) is 27.1.